The molecule has 8 aliphatic carbocycles. The molecule has 0 spiro atoms. The van der Waals surface area contributed by atoms with Crippen LogP contribution in [0.2, 0.25) is 58.9 Å². The summed E-state index contributed by atoms with van der Waals surface area (Å²) < 4.78 is 25.7. The van der Waals surface area contributed by atoms with Crippen LogP contribution < -0.4 is 0 Å². The molecule has 0 aliphatic heterocycles. The minimum Gasteiger partial charge on any atom is -0.547 e. The number of Topliss-reactive ketones (excluding diaryl/α,β-unsaturated/α-hetero) is 1. The number of carbonyl (C=O) groups excluding carboxylic acids is 2. The lowest BCUT2D eigenvalue weighted by atomic mass is 9.44. The number of rotatable bonds is 14. The van der Waals surface area contributed by atoms with E-state index in [-0.39, 0.29) is 28.8 Å². The predicted molar refractivity (Wildman–Crippen MR) is 302 cm³/mol. The van der Waals surface area contributed by atoms with Gasteiger partial charge in [-0.15, -0.1) is 0 Å². The second kappa shape index (κ2) is 21.3. The summed E-state index contributed by atoms with van der Waals surface area (Å²) in [6.07, 6.45) is 22.5. The van der Waals surface area contributed by atoms with Crippen LogP contribution >= 0.6 is 0 Å². The van der Waals surface area contributed by atoms with E-state index in [0.717, 1.165) is 68.8 Å². The second-order valence-electron chi connectivity index (χ2n) is 29.8. The van der Waals surface area contributed by atoms with E-state index < -0.39 is 25.0 Å². The molecule has 0 heterocycles. The highest BCUT2D eigenvalue weighted by atomic mass is 28.4. The molecule has 0 saturated heterocycles. The van der Waals surface area contributed by atoms with E-state index in [1.165, 1.54) is 70.0 Å². The minimum absolute atomic E-state index is 0.205. The molecule has 1 aromatic carbocycles. The van der Waals surface area contributed by atoms with Gasteiger partial charge in [-0.3, -0.25) is 4.79 Å². The van der Waals surface area contributed by atoms with E-state index in [9.17, 15) is 14.7 Å². The van der Waals surface area contributed by atoms with Gasteiger partial charge in [-0.1, -0.05) is 59.7 Å². The molecule has 1 aromatic rings. The normalized spacial score (nSPS) is 41.4. The topological polar surface area (TPSA) is 91.3 Å². The van der Waals surface area contributed by atoms with Crippen LogP contribution in [0.25, 0.3) is 0 Å². The molecule has 7 fully saturated rings. The maximum Gasteiger partial charge on any atom is 0.338 e. The van der Waals surface area contributed by atoms with Gasteiger partial charge >= 0.3 is 5.97 Å². The summed E-state index contributed by atoms with van der Waals surface area (Å²) in [6.45, 7) is 37.7. The van der Waals surface area contributed by atoms with Crippen molar-refractivity contribution in [1.82, 2.24) is 0 Å². The Hall–Kier alpha value is -1.57. The number of hydrogen-bond acceptors (Lipinski definition) is 7. The molecule has 10 heteroatoms. The molecular formula is C62H104O7Si3. The van der Waals surface area contributed by atoms with Crippen molar-refractivity contribution < 1.29 is 32.7 Å². The number of hydrogen-bond donors (Lipinski definition) is 1. The highest BCUT2D eigenvalue weighted by molar-refractivity contribution is 6.70. The molecule has 9 rings (SSSR count). The first-order valence-corrected chi connectivity index (χ1v) is 39.9. The fourth-order valence-corrected chi connectivity index (χ4v) is 21.4. The number of carbonyl (C=O) groups is 2. The molecule has 0 radical (unpaired) electrons. The van der Waals surface area contributed by atoms with Crippen molar-refractivity contribution in [2.24, 2.45) is 92.7 Å². The Kier molecular flexibility index (Phi) is 16.8. The SMILES string of the molecule is C[C@H](CCOC(=O)c1ccccc1)[C@H]1CCC2C3C(=O)CC4C[C@H](O)CC[C@]4(C)C3CC[C@@]21C.C[C@H](CCO[Si](C)(C)C)[C@H]1CCC2C3C(O[Si](C)(C)C)=CC4C[C@H](O[Si](C)(C)C)CC[C@]4(C)C3CC[C@@]21C. The summed E-state index contributed by atoms with van der Waals surface area (Å²) >= 11 is 0. The maximum absolute atomic E-state index is 13.5. The maximum atomic E-state index is 13.5. The van der Waals surface area contributed by atoms with E-state index in [2.05, 4.69) is 107 Å². The molecule has 7 saturated carbocycles. The highest BCUT2D eigenvalue weighted by Gasteiger charge is 2.64. The standard InChI is InChI=1S/C32H62O3Si3.C30H42O4/c1-23(17-20-33-36(4,5)6)26-13-14-27-30-28(16-19-32(26,27)3)31(2)18-15-25(34-37(7,8)9)21-24(31)22-29(30)35-38(10,11)12;1-19(13-16-34-28(33)20-7-5-4-6-8-20)23-9-10-24-27-25(12-15-30(23,24)3)29(2)14-11-22(31)17-21(29)18-26(27)32/h22-28,30H,13-21H2,1-12H3;4-8,19,21-25,27,31H,9-18H2,1-3H3/t23-,24?,25-,26-,27?,28?,30?,31+,32-;19-,21?,22-,23-,24?,25?,27?,29+,30-/m11/s1. The Morgan fingerprint density at radius 3 is 1.76 bits per heavy atom. The smallest absolute Gasteiger partial charge is 0.338 e. The van der Waals surface area contributed by atoms with Crippen LogP contribution in [0.5, 0.6) is 0 Å². The van der Waals surface area contributed by atoms with Gasteiger partial charge < -0.3 is 23.1 Å². The minimum atomic E-state index is -1.71. The lowest BCUT2D eigenvalue weighted by Crippen LogP contribution is -2.57. The summed E-state index contributed by atoms with van der Waals surface area (Å²) in [6, 6.07) is 9.22. The van der Waals surface area contributed by atoms with Crippen LogP contribution in [-0.2, 0) is 22.8 Å². The van der Waals surface area contributed by atoms with Crippen LogP contribution in [0, 0.1) is 92.7 Å². The summed E-state index contributed by atoms with van der Waals surface area (Å²) in [4.78, 5) is 25.9. The average molecular weight is 1050 g/mol. The van der Waals surface area contributed by atoms with E-state index in [1.807, 2.05) is 18.2 Å². The van der Waals surface area contributed by atoms with Crippen LogP contribution in [-0.4, -0.2) is 67.2 Å². The van der Waals surface area contributed by atoms with Crippen LogP contribution in [0.3, 0.4) is 0 Å². The van der Waals surface area contributed by atoms with Crippen LogP contribution in [0.1, 0.15) is 161 Å². The molecule has 7 nitrogen and oxygen atoms in total. The average Bonchev–Trinajstić information content (AvgIpc) is 3.83. The number of ketones is 1. The zero-order chi connectivity index (χ0) is 52.4. The van der Waals surface area contributed by atoms with Gasteiger partial charge in [0.1, 0.15) is 5.78 Å². The first-order valence-electron chi connectivity index (χ1n) is 29.7. The van der Waals surface area contributed by atoms with Crippen LogP contribution in [0.4, 0.5) is 0 Å². The number of allylic oxidation sites excluding steroid dienone is 2. The van der Waals surface area contributed by atoms with Gasteiger partial charge in [0.25, 0.3) is 0 Å². The Balaban J connectivity index is 0.000000194. The van der Waals surface area contributed by atoms with Crippen molar-refractivity contribution in [2.75, 3.05) is 13.2 Å². The lowest BCUT2D eigenvalue weighted by Gasteiger charge is -2.60. The molecule has 406 valence electrons. The molecular weight excluding hydrogens is 941 g/mol. The zero-order valence-corrected chi connectivity index (χ0v) is 51.4. The van der Waals surface area contributed by atoms with E-state index in [0.29, 0.717) is 82.7 Å². The van der Waals surface area contributed by atoms with E-state index in [4.69, 9.17) is 18.0 Å². The van der Waals surface area contributed by atoms with Gasteiger partial charge in [-0.05, 0) is 261 Å². The molecule has 8 unspecified atom stereocenters. The van der Waals surface area contributed by atoms with Gasteiger partial charge in [0.2, 0.25) is 8.32 Å². The number of benzene rings is 1. The Morgan fingerprint density at radius 2 is 1.18 bits per heavy atom. The van der Waals surface area contributed by atoms with Crippen molar-refractivity contribution in [3.63, 3.8) is 0 Å². The first-order chi connectivity index (χ1) is 33.6. The van der Waals surface area contributed by atoms with E-state index >= 15 is 0 Å². The summed E-state index contributed by atoms with van der Waals surface area (Å²) in [5.41, 5.74) is 1.86. The Labute approximate surface area is 442 Å². The van der Waals surface area contributed by atoms with Gasteiger partial charge in [0, 0.05) is 31.0 Å². The van der Waals surface area contributed by atoms with Crippen molar-refractivity contribution in [1.29, 1.82) is 0 Å². The zero-order valence-electron chi connectivity index (χ0n) is 48.4. The number of aliphatic hydroxyl groups excluding tert-OH is 1. The molecule has 72 heavy (non-hydrogen) atoms. The predicted octanol–water partition coefficient (Wildman–Crippen LogP) is 15.8. The quantitative estimate of drug-likeness (QED) is 0.147. The number of ether oxygens (including phenoxy) is 1. The first kappa shape index (κ1) is 56.6. The highest BCUT2D eigenvalue weighted by Crippen LogP contribution is 2.70. The van der Waals surface area contributed by atoms with E-state index in [1.54, 1.807) is 12.1 Å². The van der Waals surface area contributed by atoms with Crippen molar-refractivity contribution in [3.8, 4) is 0 Å². The third-order valence-electron chi connectivity index (χ3n) is 22.0. The fourth-order valence-electron chi connectivity index (χ4n) is 18.5. The monoisotopic (exact) mass is 1040 g/mol. The Bertz CT molecular complexity index is 2070. The summed E-state index contributed by atoms with van der Waals surface area (Å²) in [7, 11) is -4.68. The van der Waals surface area contributed by atoms with Gasteiger partial charge in [0.05, 0.1) is 24.0 Å². The van der Waals surface area contributed by atoms with Gasteiger partial charge in [-0.25, -0.2) is 4.79 Å². The third kappa shape index (κ3) is 11.6. The molecule has 0 bridgehead atoms. The summed E-state index contributed by atoms with van der Waals surface area (Å²) in [5.74, 6) is 8.58. The van der Waals surface area contributed by atoms with Gasteiger partial charge in [-0.2, -0.15) is 0 Å². The van der Waals surface area contributed by atoms with Gasteiger partial charge in [0.15, 0.2) is 16.6 Å². The Morgan fingerprint density at radius 1 is 0.639 bits per heavy atom. The summed E-state index contributed by atoms with van der Waals surface area (Å²) in [5, 5.41) is 10.3. The molecule has 8 aliphatic rings. The third-order valence-corrected chi connectivity index (χ3v) is 25.0. The number of esters is 1. The molecule has 1 N–H and O–H groups in total. The lowest BCUT2D eigenvalue weighted by molar-refractivity contribution is -0.160. The largest absolute Gasteiger partial charge is 0.547 e. The molecule has 0 aromatic heterocycles. The van der Waals surface area contributed by atoms with Crippen molar-refractivity contribution >= 4 is 36.7 Å². The molecule has 18 atom stereocenters. The number of aliphatic hydroxyl groups is 1. The fraction of sp³-hybridized carbons (Fsp3) is 0.839. The van der Waals surface area contributed by atoms with Crippen molar-refractivity contribution in [2.45, 2.75) is 222 Å². The number of fused-ring (bicyclic) bond motifs is 10. The van der Waals surface area contributed by atoms with Crippen LogP contribution in [0.15, 0.2) is 42.2 Å². The molecule has 0 amide bonds. The van der Waals surface area contributed by atoms with Crippen molar-refractivity contribution in [3.05, 3.63) is 47.7 Å². The second-order valence-corrected chi connectivity index (χ2v) is 43.2.